The van der Waals surface area contributed by atoms with Gasteiger partial charge in [0.25, 0.3) is 0 Å². The van der Waals surface area contributed by atoms with Crippen LogP contribution in [0.1, 0.15) is 44.9 Å². The first-order valence-corrected chi connectivity index (χ1v) is 9.45. The van der Waals surface area contributed by atoms with Crippen LogP contribution in [0.25, 0.3) is 10.6 Å². The summed E-state index contributed by atoms with van der Waals surface area (Å²) in [6, 6.07) is 8.64. The van der Waals surface area contributed by atoms with Gasteiger partial charge in [-0.15, -0.1) is 11.3 Å². The molecule has 1 heterocycles. The van der Waals surface area contributed by atoms with Gasteiger partial charge in [0.1, 0.15) is 5.01 Å². The van der Waals surface area contributed by atoms with Gasteiger partial charge in [-0.3, -0.25) is 9.69 Å². The highest BCUT2D eigenvalue weighted by Crippen LogP contribution is 2.26. The molecule has 1 aromatic carbocycles. The van der Waals surface area contributed by atoms with Gasteiger partial charge in [0.15, 0.2) is 0 Å². The molecule has 2 rings (SSSR count). The second-order valence-corrected chi connectivity index (χ2v) is 7.04. The summed E-state index contributed by atoms with van der Waals surface area (Å²) in [5.41, 5.74) is 3.52. The molecule has 0 bridgehead atoms. The summed E-state index contributed by atoms with van der Waals surface area (Å²) < 4.78 is 0. The van der Waals surface area contributed by atoms with Gasteiger partial charge in [0.2, 0.25) is 5.91 Å². The van der Waals surface area contributed by atoms with Crippen molar-refractivity contribution in [1.82, 2.24) is 15.2 Å². The van der Waals surface area contributed by atoms with Crippen molar-refractivity contribution >= 4 is 17.2 Å². The van der Waals surface area contributed by atoms with Crippen molar-refractivity contribution in [2.75, 3.05) is 19.6 Å². The summed E-state index contributed by atoms with van der Waals surface area (Å²) in [6.45, 7) is 11.0. The molecule has 2 aromatic rings. The van der Waals surface area contributed by atoms with Crippen molar-refractivity contribution in [3.05, 3.63) is 40.9 Å². The van der Waals surface area contributed by atoms with Crippen LogP contribution in [0.3, 0.4) is 0 Å². The van der Waals surface area contributed by atoms with E-state index in [2.05, 4.69) is 60.6 Å². The van der Waals surface area contributed by atoms with E-state index in [0.717, 1.165) is 22.8 Å². The minimum Gasteiger partial charge on any atom is -0.355 e. The van der Waals surface area contributed by atoms with Crippen LogP contribution in [-0.2, 0) is 11.3 Å². The van der Waals surface area contributed by atoms with E-state index < -0.39 is 0 Å². The minimum atomic E-state index is 0.0686. The molecule has 5 heteroatoms. The van der Waals surface area contributed by atoms with E-state index in [0.29, 0.717) is 25.6 Å². The molecule has 1 amide bonds. The Morgan fingerprint density at radius 2 is 1.96 bits per heavy atom. The molecule has 0 aliphatic carbocycles. The van der Waals surface area contributed by atoms with Gasteiger partial charge in [0, 0.05) is 24.0 Å². The van der Waals surface area contributed by atoms with Gasteiger partial charge in [-0.2, -0.15) is 0 Å². The van der Waals surface area contributed by atoms with E-state index in [9.17, 15) is 4.79 Å². The van der Waals surface area contributed by atoms with Crippen LogP contribution in [0.4, 0.5) is 0 Å². The van der Waals surface area contributed by atoms with Gasteiger partial charge in [-0.05, 0) is 24.9 Å². The molecule has 130 valence electrons. The van der Waals surface area contributed by atoms with Crippen LogP contribution < -0.4 is 5.32 Å². The van der Waals surface area contributed by atoms with Gasteiger partial charge < -0.3 is 5.32 Å². The van der Waals surface area contributed by atoms with Crippen LogP contribution in [0.5, 0.6) is 0 Å². The summed E-state index contributed by atoms with van der Waals surface area (Å²) in [4.78, 5) is 18.6. The standard InChI is InChI=1S/C19H27N3OS/c1-5-20-18(23)12-22(6-2)11-17-13-24-19(21-17)16-9-7-15(8-10-16)14(3)4/h7-10,13-14H,5-6,11-12H2,1-4H3,(H,20,23). The number of hydrogen-bond donors (Lipinski definition) is 1. The highest BCUT2D eigenvalue weighted by Gasteiger charge is 2.12. The molecule has 0 unspecified atom stereocenters. The van der Waals surface area contributed by atoms with Crippen molar-refractivity contribution in [2.24, 2.45) is 0 Å². The van der Waals surface area contributed by atoms with Crippen LogP contribution in [0.2, 0.25) is 0 Å². The molecule has 0 atom stereocenters. The lowest BCUT2D eigenvalue weighted by Gasteiger charge is -2.18. The zero-order valence-electron chi connectivity index (χ0n) is 15.0. The van der Waals surface area contributed by atoms with Gasteiger partial charge in [-0.25, -0.2) is 4.98 Å². The summed E-state index contributed by atoms with van der Waals surface area (Å²) >= 11 is 1.66. The molecular weight excluding hydrogens is 318 g/mol. The maximum Gasteiger partial charge on any atom is 0.234 e. The molecular formula is C19H27N3OS. The maximum absolute atomic E-state index is 11.7. The predicted octanol–water partition coefficient (Wildman–Crippen LogP) is 3.89. The third-order valence-electron chi connectivity index (χ3n) is 3.95. The summed E-state index contributed by atoms with van der Waals surface area (Å²) in [5.74, 6) is 0.609. The molecule has 1 N–H and O–H groups in total. The molecule has 0 aliphatic rings. The Morgan fingerprint density at radius 3 is 2.54 bits per heavy atom. The highest BCUT2D eigenvalue weighted by atomic mass is 32.1. The lowest BCUT2D eigenvalue weighted by molar-refractivity contribution is -0.122. The molecule has 0 radical (unpaired) electrons. The molecule has 0 saturated heterocycles. The minimum absolute atomic E-state index is 0.0686. The Balaban J connectivity index is 2.02. The van der Waals surface area contributed by atoms with E-state index in [4.69, 9.17) is 4.98 Å². The fourth-order valence-electron chi connectivity index (χ4n) is 2.49. The van der Waals surface area contributed by atoms with Crippen LogP contribution in [0.15, 0.2) is 29.6 Å². The van der Waals surface area contributed by atoms with E-state index in [-0.39, 0.29) is 5.91 Å². The Morgan fingerprint density at radius 1 is 1.25 bits per heavy atom. The molecule has 0 spiro atoms. The predicted molar refractivity (Wildman–Crippen MR) is 101 cm³/mol. The number of aromatic nitrogens is 1. The van der Waals surface area contributed by atoms with Crippen molar-refractivity contribution in [2.45, 2.75) is 40.2 Å². The number of hydrogen-bond acceptors (Lipinski definition) is 4. The van der Waals surface area contributed by atoms with Crippen molar-refractivity contribution < 1.29 is 4.79 Å². The van der Waals surface area contributed by atoms with Gasteiger partial charge in [-0.1, -0.05) is 45.0 Å². The SMILES string of the molecule is CCNC(=O)CN(CC)Cc1csc(-c2ccc(C(C)C)cc2)n1. The number of benzene rings is 1. The summed E-state index contributed by atoms with van der Waals surface area (Å²) in [7, 11) is 0. The third kappa shape index (κ3) is 5.14. The Bertz CT molecular complexity index is 649. The third-order valence-corrected chi connectivity index (χ3v) is 4.89. The Kier molecular flexibility index (Phi) is 6.94. The number of nitrogens with one attached hydrogen (secondary N) is 1. The number of carbonyl (C=O) groups is 1. The number of amides is 1. The first-order chi connectivity index (χ1) is 11.5. The number of nitrogens with zero attached hydrogens (tertiary/aromatic N) is 2. The normalized spacial score (nSPS) is 11.2. The number of thiazole rings is 1. The number of likely N-dealkylation sites (N-methyl/N-ethyl adjacent to an activating group) is 2. The van der Waals surface area contributed by atoms with E-state index in [1.54, 1.807) is 11.3 Å². The van der Waals surface area contributed by atoms with Gasteiger partial charge in [0.05, 0.1) is 12.2 Å². The van der Waals surface area contributed by atoms with E-state index in [1.165, 1.54) is 5.56 Å². The fourth-order valence-corrected chi connectivity index (χ4v) is 3.30. The molecule has 24 heavy (non-hydrogen) atoms. The van der Waals surface area contributed by atoms with Crippen LogP contribution in [0, 0.1) is 0 Å². The zero-order chi connectivity index (χ0) is 17.5. The van der Waals surface area contributed by atoms with Crippen molar-refractivity contribution in [3.8, 4) is 10.6 Å². The Labute approximate surface area is 148 Å². The lowest BCUT2D eigenvalue weighted by atomic mass is 10.0. The molecule has 0 aliphatic heterocycles. The molecule has 4 nitrogen and oxygen atoms in total. The average Bonchev–Trinajstić information content (AvgIpc) is 3.03. The van der Waals surface area contributed by atoms with E-state index in [1.807, 2.05) is 6.92 Å². The summed E-state index contributed by atoms with van der Waals surface area (Å²) in [5, 5.41) is 5.97. The molecule has 1 aromatic heterocycles. The second kappa shape index (κ2) is 8.94. The lowest BCUT2D eigenvalue weighted by Crippen LogP contribution is -2.36. The summed E-state index contributed by atoms with van der Waals surface area (Å²) in [6.07, 6.45) is 0. The largest absolute Gasteiger partial charge is 0.355 e. The number of rotatable bonds is 8. The second-order valence-electron chi connectivity index (χ2n) is 6.18. The van der Waals surface area contributed by atoms with Crippen LogP contribution >= 0.6 is 11.3 Å². The smallest absolute Gasteiger partial charge is 0.234 e. The van der Waals surface area contributed by atoms with Crippen molar-refractivity contribution in [1.29, 1.82) is 0 Å². The fraction of sp³-hybridized carbons (Fsp3) is 0.474. The van der Waals surface area contributed by atoms with Crippen molar-refractivity contribution in [3.63, 3.8) is 0 Å². The molecule has 0 saturated carbocycles. The number of carbonyl (C=O) groups excluding carboxylic acids is 1. The highest BCUT2D eigenvalue weighted by molar-refractivity contribution is 7.13. The molecule has 0 fully saturated rings. The first kappa shape index (κ1) is 18.6. The first-order valence-electron chi connectivity index (χ1n) is 8.57. The average molecular weight is 346 g/mol. The Hall–Kier alpha value is -1.72. The maximum atomic E-state index is 11.7. The van der Waals surface area contributed by atoms with Gasteiger partial charge >= 0.3 is 0 Å². The monoisotopic (exact) mass is 345 g/mol. The van der Waals surface area contributed by atoms with Crippen LogP contribution in [-0.4, -0.2) is 35.4 Å². The topological polar surface area (TPSA) is 45.2 Å². The zero-order valence-corrected chi connectivity index (χ0v) is 15.8. The van der Waals surface area contributed by atoms with E-state index >= 15 is 0 Å². The quantitative estimate of drug-likeness (QED) is 0.789.